The molecule has 34 heavy (non-hydrogen) atoms. The predicted molar refractivity (Wildman–Crippen MR) is 129 cm³/mol. The van der Waals surface area contributed by atoms with Gasteiger partial charge in [-0.1, -0.05) is 84.0 Å². The molecule has 0 aromatic heterocycles. The van der Waals surface area contributed by atoms with E-state index in [0.717, 1.165) is 19.3 Å². The van der Waals surface area contributed by atoms with Crippen molar-refractivity contribution >= 4 is 5.91 Å². The average Bonchev–Trinajstić information content (AvgIpc) is 2.84. The lowest BCUT2D eigenvalue weighted by Gasteiger charge is -2.39. The molecule has 9 heteroatoms. The smallest absolute Gasteiger partial charge is 0.220 e. The summed E-state index contributed by atoms with van der Waals surface area (Å²) in [5, 5.41) is 51.0. The summed E-state index contributed by atoms with van der Waals surface area (Å²) in [5.74, 6) is -0.181. The van der Waals surface area contributed by atoms with Gasteiger partial charge in [-0.05, 0) is 6.42 Å². The van der Waals surface area contributed by atoms with Crippen molar-refractivity contribution in [3.8, 4) is 0 Å². The summed E-state index contributed by atoms with van der Waals surface area (Å²) in [6.07, 6.45) is 9.55. The maximum absolute atomic E-state index is 12.2. The zero-order chi connectivity index (χ0) is 25.2. The Morgan fingerprint density at radius 2 is 1.35 bits per heavy atom. The van der Waals surface area contributed by atoms with Crippen LogP contribution >= 0.6 is 0 Å². The Bertz CT molecular complexity index is 507. The predicted octanol–water partition coefficient (Wildman–Crippen LogP) is 1.76. The number of amides is 1. The minimum absolute atomic E-state index is 0.149. The number of nitrogens with one attached hydrogen (secondary N) is 1. The van der Waals surface area contributed by atoms with Gasteiger partial charge in [0.1, 0.15) is 24.4 Å². The van der Waals surface area contributed by atoms with E-state index in [4.69, 9.17) is 9.47 Å². The van der Waals surface area contributed by atoms with Gasteiger partial charge in [0.05, 0.1) is 25.9 Å². The topological polar surface area (TPSA) is 149 Å². The van der Waals surface area contributed by atoms with Gasteiger partial charge in [0.15, 0.2) is 6.29 Å². The normalized spacial score (nSPS) is 25.9. The Morgan fingerprint density at radius 3 is 1.85 bits per heavy atom. The average molecular weight is 492 g/mol. The number of hydrogen-bond acceptors (Lipinski definition) is 8. The van der Waals surface area contributed by atoms with E-state index >= 15 is 0 Å². The Morgan fingerprint density at radius 1 is 0.824 bits per heavy atom. The molecule has 6 N–H and O–H groups in total. The number of aliphatic hydroxyl groups is 5. The van der Waals surface area contributed by atoms with E-state index in [2.05, 4.69) is 12.2 Å². The Labute approximate surface area is 204 Å². The molecule has 0 bridgehead atoms. The third kappa shape index (κ3) is 12.8. The second kappa shape index (κ2) is 19.4. The number of aliphatic hydroxyl groups excluding tert-OH is 5. The number of carbonyl (C=O) groups excluding carboxylic acids is 1. The van der Waals surface area contributed by atoms with Crippen LogP contribution in [0.4, 0.5) is 0 Å². The summed E-state index contributed by atoms with van der Waals surface area (Å²) in [4.78, 5) is 12.2. The van der Waals surface area contributed by atoms with Gasteiger partial charge in [-0.15, -0.1) is 0 Å². The van der Waals surface area contributed by atoms with Crippen molar-refractivity contribution in [1.29, 1.82) is 0 Å². The third-order valence-electron chi connectivity index (χ3n) is 6.40. The molecular formula is C25H49NO8. The van der Waals surface area contributed by atoms with Crippen molar-refractivity contribution in [3.05, 3.63) is 0 Å². The van der Waals surface area contributed by atoms with Crippen LogP contribution in [0.15, 0.2) is 0 Å². The maximum atomic E-state index is 12.2. The quantitative estimate of drug-likeness (QED) is 0.141. The zero-order valence-corrected chi connectivity index (χ0v) is 20.9. The molecule has 1 aliphatic heterocycles. The van der Waals surface area contributed by atoms with E-state index in [0.29, 0.717) is 6.42 Å². The fourth-order valence-electron chi connectivity index (χ4n) is 4.16. The number of ether oxygens (including phenoxy) is 2. The van der Waals surface area contributed by atoms with Crippen LogP contribution in [0, 0.1) is 0 Å². The summed E-state index contributed by atoms with van der Waals surface area (Å²) in [5.41, 5.74) is 0. The fourth-order valence-corrected chi connectivity index (χ4v) is 4.16. The molecule has 0 radical (unpaired) electrons. The van der Waals surface area contributed by atoms with Gasteiger partial charge >= 0.3 is 0 Å². The van der Waals surface area contributed by atoms with Gasteiger partial charge < -0.3 is 40.3 Å². The SMILES string of the molecule is CCCCCCCCCCCCCCCC(=O)N[C@H](CO)CO[C@H]1O[C@H](CO)[C@H](O)[C@H](O)[C@H]1O. The summed E-state index contributed by atoms with van der Waals surface area (Å²) in [6.45, 7) is 1.18. The highest BCUT2D eigenvalue weighted by atomic mass is 16.7. The molecule has 1 heterocycles. The van der Waals surface area contributed by atoms with Crippen LogP contribution in [0.2, 0.25) is 0 Å². The molecule has 0 aromatic rings. The zero-order valence-electron chi connectivity index (χ0n) is 20.9. The van der Waals surface area contributed by atoms with Crippen LogP contribution in [0.3, 0.4) is 0 Å². The summed E-state index contributed by atoms with van der Waals surface area (Å²) < 4.78 is 10.6. The molecule has 1 rings (SSSR count). The van der Waals surface area contributed by atoms with E-state index in [1.165, 1.54) is 64.2 Å². The molecule has 1 saturated heterocycles. The minimum Gasteiger partial charge on any atom is -0.394 e. The molecule has 1 aliphatic rings. The van der Waals surface area contributed by atoms with Gasteiger partial charge in [0, 0.05) is 6.42 Å². The van der Waals surface area contributed by atoms with Crippen LogP contribution in [0.25, 0.3) is 0 Å². The van der Waals surface area contributed by atoms with Crippen molar-refractivity contribution < 1.29 is 39.8 Å². The summed E-state index contributed by atoms with van der Waals surface area (Å²) >= 11 is 0. The Balaban J connectivity index is 2.08. The van der Waals surface area contributed by atoms with Crippen molar-refractivity contribution in [2.45, 2.75) is 134 Å². The van der Waals surface area contributed by atoms with E-state index < -0.39 is 43.4 Å². The first-order valence-electron chi connectivity index (χ1n) is 13.3. The van der Waals surface area contributed by atoms with Crippen LogP contribution in [-0.4, -0.2) is 88.0 Å². The van der Waals surface area contributed by atoms with E-state index in [1.807, 2.05) is 0 Å². The largest absolute Gasteiger partial charge is 0.394 e. The number of rotatable bonds is 20. The van der Waals surface area contributed by atoms with Crippen LogP contribution in [0.5, 0.6) is 0 Å². The molecular weight excluding hydrogens is 442 g/mol. The molecule has 6 atom stereocenters. The van der Waals surface area contributed by atoms with E-state index in [1.54, 1.807) is 0 Å². The van der Waals surface area contributed by atoms with E-state index in [9.17, 15) is 30.3 Å². The second-order valence-corrected chi connectivity index (χ2v) is 9.47. The minimum atomic E-state index is -1.53. The first kappa shape index (κ1) is 31.2. The monoisotopic (exact) mass is 491 g/mol. The van der Waals surface area contributed by atoms with Gasteiger partial charge in [-0.2, -0.15) is 0 Å². The van der Waals surface area contributed by atoms with Crippen molar-refractivity contribution in [2.75, 3.05) is 19.8 Å². The highest BCUT2D eigenvalue weighted by molar-refractivity contribution is 5.76. The molecule has 202 valence electrons. The van der Waals surface area contributed by atoms with E-state index in [-0.39, 0.29) is 19.1 Å². The highest BCUT2D eigenvalue weighted by Gasteiger charge is 2.44. The lowest BCUT2D eigenvalue weighted by Crippen LogP contribution is -2.59. The molecule has 0 aromatic carbocycles. The van der Waals surface area contributed by atoms with Crippen LogP contribution in [0.1, 0.15) is 96.8 Å². The third-order valence-corrected chi connectivity index (χ3v) is 6.40. The summed E-state index contributed by atoms with van der Waals surface area (Å²) in [7, 11) is 0. The molecule has 0 spiro atoms. The molecule has 1 fully saturated rings. The number of hydrogen-bond donors (Lipinski definition) is 6. The fraction of sp³-hybridized carbons (Fsp3) is 0.960. The van der Waals surface area contributed by atoms with Gasteiger partial charge in [-0.25, -0.2) is 0 Å². The van der Waals surface area contributed by atoms with Gasteiger partial charge in [0.25, 0.3) is 0 Å². The number of carbonyl (C=O) groups is 1. The van der Waals surface area contributed by atoms with Crippen LogP contribution < -0.4 is 5.32 Å². The molecule has 9 nitrogen and oxygen atoms in total. The lowest BCUT2D eigenvalue weighted by molar-refractivity contribution is -0.302. The Kier molecular flexibility index (Phi) is 17.8. The summed E-state index contributed by atoms with van der Waals surface area (Å²) in [6, 6.07) is -0.693. The van der Waals surface area contributed by atoms with Crippen molar-refractivity contribution in [1.82, 2.24) is 5.32 Å². The molecule has 1 amide bonds. The highest BCUT2D eigenvalue weighted by Crippen LogP contribution is 2.22. The first-order valence-corrected chi connectivity index (χ1v) is 13.3. The van der Waals surface area contributed by atoms with Crippen molar-refractivity contribution in [2.24, 2.45) is 0 Å². The van der Waals surface area contributed by atoms with Gasteiger partial charge in [0.2, 0.25) is 5.91 Å². The molecule has 0 saturated carbocycles. The Hall–Kier alpha value is -0.810. The lowest BCUT2D eigenvalue weighted by atomic mass is 9.99. The standard InChI is InChI=1S/C25H49NO8/c1-2-3-4-5-6-7-8-9-10-11-12-13-14-15-21(29)26-19(16-27)18-33-25-24(32)23(31)22(30)20(17-28)34-25/h19-20,22-25,27-28,30-32H,2-18H2,1H3,(H,26,29)/t19-,20-,22+,23+,24-,25+/m1/s1. The first-order chi connectivity index (χ1) is 16.4. The molecule has 0 unspecified atom stereocenters. The molecule has 0 aliphatic carbocycles. The second-order valence-electron chi connectivity index (χ2n) is 9.47. The van der Waals surface area contributed by atoms with Crippen LogP contribution in [-0.2, 0) is 14.3 Å². The van der Waals surface area contributed by atoms with Crippen molar-refractivity contribution in [3.63, 3.8) is 0 Å². The van der Waals surface area contributed by atoms with Gasteiger partial charge in [-0.3, -0.25) is 4.79 Å². The maximum Gasteiger partial charge on any atom is 0.220 e. The number of unbranched alkanes of at least 4 members (excludes halogenated alkanes) is 12.